The molecule has 0 saturated carbocycles. The summed E-state index contributed by atoms with van der Waals surface area (Å²) in [4.78, 5) is 13.0. The van der Waals surface area contributed by atoms with E-state index in [9.17, 15) is 9.00 Å². The van der Waals surface area contributed by atoms with Crippen LogP contribution in [0.5, 0.6) is 0 Å². The van der Waals surface area contributed by atoms with Crippen molar-refractivity contribution in [1.29, 1.82) is 0 Å². The number of carbonyl (C=O) groups excluding carboxylic acids is 1. The molecule has 0 spiro atoms. The van der Waals surface area contributed by atoms with E-state index in [0.29, 0.717) is 28.5 Å². The molecule has 1 aliphatic heterocycles. The summed E-state index contributed by atoms with van der Waals surface area (Å²) in [7, 11) is -1.46. The Morgan fingerprint density at radius 2 is 2.08 bits per heavy atom. The van der Waals surface area contributed by atoms with Gasteiger partial charge in [-0.25, -0.2) is 4.21 Å². The summed E-state index contributed by atoms with van der Waals surface area (Å²) >= 11 is 0. The summed E-state index contributed by atoms with van der Waals surface area (Å²) in [6.45, 7) is 2.45. The molecular formula is C19H17N3O3S. The number of anilines is 1. The second kappa shape index (κ2) is 6.76. The standard InChI is InChI=1S/C19H17N3O3S/c1-13-10-16(21-19(23)18-8-5-9-25-18)15-12-20-22(17(15)11-13)26(24)14-6-3-2-4-7-14/h2-4,6-8,10-12H,5,9H2,1H3,(H,21,23). The Hall–Kier alpha value is -2.93. The zero-order valence-electron chi connectivity index (χ0n) is 14.1. The number of nitrogens with zero attached hydrogens (tertiary/aromatic N) is 2. The largest absolute Gasteiger partial charge is 0.488 e. The smallest absolute Gasteiger partial charge is 0.290 e. The van der Waals surface area contributed by atoms with Gasteiger partial charge in [-0.05, 0) is 42.8 Å². The number of ether oxygens (including phenoxy) is 1. The minimum atomic E-state index is -1.46. The molecule has 1 atom stereocenters. The second-order valence-electron chi connectivity index (χ2n) is 5.98. The fourth-order valence-corrected chi connectivity index (χ4v) is 3.93. The number of aryl methyl sites for hydroxylation is 1. The van der Waals surface area contributed by atoms with Gasteiger partial charge in [0.1, 0.15) is 0 Å². The topological polar surface area (TPSA) is 73.2 Å². The number of benzene rings is 2. The third-order valence-corrected chi connectivity index (χ3v) is 5.36. The van der Waals surface area contributed by atoms with E-state index >= 15 is 0 Å². The summed E-state index contributed by atoms with van der Waals surface area (Å²) in [5.41, 5.74) is 2.25. The molecule has 26 heavy (non-hydrogen) atoms. The lowest BCUT2D eigenvalue weighted by molar-refractivity contribution is -0.115. The quantitative estimate of drug-likeness (QED) is 0.769. The molecule has 0 saturated heterocycles. The lowest BCUT2D eigenvalue weighted by Crippen LogP contribution is -2.15. The van der Waals surface area contributed by atoms with E-state index in [2.05, 4.69) is 10.4 Å². The molecule has 1 aromatic heterocycles. The Kier molecular flexibility index (Phi) is 4.30. The van der Waals surface area contributed by atoms with Crippen LogP contribution in [0.25, 0.3) is 10.9 Å². The molecule has 1 amide bonds. The minimum Gasteiger partial charge on any atom is -0.488 e. The fourth-order valence-electron chi connectivity index (χ4n) is 2.88. The molecule has 2 heterocycles. The summed E-state index contributed by atoms with van der Waals surface area (Å²) in [6, 6.07) is 12.9. The zero-order valence-corrected chi connectivity index (χ0v) is 15.0. The molecular weight excluding hydrogens is 350 g/mol. The predicted molar refractivity (Wildman–Crippen MR) is 100 cm³/mol. The highest BCUT2D eigenvalue weighted by Gasteiger charge is 2.19. The van der Waals surface area contributed by atoms with Crippen molar-refractivity contribution >= 4 is 33.5 Å². The van der Waals surface area contributed by atoms with E-state index < -0.39 is 11.0 Å². The highest BCUT2D eigenvalue weighted by atomic mass is 32.2. The number of amides is 1. The third-order valence-electron chi connectivity index (χ3n) is 4.08. The zero-order chi connectivity index (χ0) is 18.1. The van der Waals surface area contributed by atoms with Gasteiger partial charge in [0.05, 0.1) is 28.9 Å². The first-order chi connectivity index (χ1) is 12.6. The van der Waals surface area contributed by atoms with E-state index in [1.165, 1.54) is 4.09 Å². The molecule has 3 aromatic rings. The highest BCUT2D eigenvalue weighted by molar-refractivity contribution is 7.83. The molecule has 1 unspecified atom stereocenters. The summed E-state index contributed by atoms with van der Waals surface area (Å²) in [5.74, 6) is 0.0474. The van der Waals surface area contributed by atoms with E-state index in [1.807, 2.05) is 37.3 Å². The van der Waals surface area contributed by atoms with Crippen molar-refractivity contribution in [3.8, 4) is 0 Å². The summed E-state index contributed by atoms with van der Waals surface area (Å²) in [5, 5.41) is 7.90. The van der Waals surface area contributed by atoms with Crippen LogP contribution in [0.3, 0.4) is 0 Å². The fraction of sp³-hybridized carbons (Fsp3) is 0.158. The molecule has 0 radical (unpaired) electrons. The van der Waals surface area contributed by atoms with Crippen LogP contribution in [0.1, 0.15) is 12.0 Å². The molecule has 4 rings (SSSR count). The van der Waals surface area contributed by atoms with Crippen molar-refractivity contribution in [2.24, 2.45) is 0 Å². The molecule has 2 aromatic carbocycles. The van der Waals surface area contributed by atoms with E-state index in [0.717, 1.165) is 17.4 Å². The van der Waals surface area contributed by atoms with Gasteiger partial charge in [0.25, 0.3) is 5.91 Å². The van der Waals surface area contributed by atoms with Crippen LogP contribution in [0.2, 0.25) is 0 Å². The maximum atomic E-state index is 12.9. The number of nitrogens with one attached hydrogen (secondary N) is 1. The van der Waals surface area contributed by atoms with Crippen molar-refractivity contribution in [3.05, 3.63) is 66.1 Å². The Bertz CT molecular complexity index is 1040. The van der Waals surface area contributed by atoms with Crippen molar-refractivity contribution in [2.75, 3.05) is 11.9 Å². The van der Waals surface area contributed by atoms with E-state index in [1.54, 1.807) is 24.4 Å². The number of rotatable bonds is 4. The molecule has 0 bridgehead atoms. The Morgan fingerprint density at radius 1 is 1.27 bits per heavy atom. The monoisotopic (exact) mass is 367 g/mol. The van der Waals surface area contributed by atoms with Crippen LogP contribution in [0.15, 0.2) is 65.4 Å². The van der Waals surface area contributed by atoms with Crippen molar-refractivity contribution < 1.29 is 13.7 Å². The van der Waals surface area contributed by atoms with Gasteiger partial charge in [-0.15, -0.1) is 0 Å². The van der Waals surface area contributed by atoms with Gasteiger partial charge >= 0.3 is 0 Å². The van der Waals surface area contributed by atoms with Crippen LogP contribution in [-0.4, -0.2) is 25.9 Å². The molecule has 132 valence electrons. The highest BCUT2D eigenvalue weighted by Crippen LogP contribution is 2.27. The normalized spacial score (nSPS) is 14.7. The van der Waals surface area contributed by atoms with Gasteiger partial charge in [-0.2, -0.15) is 9.19 Å². The van der Waals surface area contributed by atoms with Gasteiger partial charge in [-0.1, -0.05) is 18.2 Å². The maximum absolute atomic E-state index is 12.9. The number of fused-ring (bicyclic) bond motifs is 1. The third kappa shape index (κ3) is 3.01. The van der Waals surface area contributed by atoms with Gasteiger partial charge in [0, 0.05) is 11.8 Å². The van der Waals surface area contributed by atoms with Crippen LogP contribution in [-0.2, 0) is 20.5 Å². The molecule has 1 N–H and O–H groups in total. The molecule has 7 heteroatoms. The minimum absolute atomic E-state index is 0.286. The predicted octanol–water partition coefficient (Wildman–Crippen LogP) is 3.16. The van der Waals surface area contributed by atoms with Crippen LogP contribution >= 0.6 is 0 Å². The Balaban J connectivity index is 1.73. The van der Waals surface area contributed by atoms with Crippen LogP contribution in [0, 0.1) is 6.92 Å². The Morgan fingerprint density at radius 3 is 2.81 bits per heavy atom. The number of carbonyl (C=O) groups is 1. The van der Waals surface area contributed by atoms with Gasteiger partial charge in [-0.3, -0.25) is 4.79 Å². The van der Waals surface area contributed by atoms with Gasteiger partial charge in [0.2, 0.25) is 0 Å². The summed E-state index contributed by atoms with van der Waals surface area (Å²) in [6.07, 6.45) is 4.13. The molecule has 0 fully saturated rings. The second-order valence-corrected chi connectivity index (χ2v) is 7.30. The SMILES string of the molecule is Cc1cc(NC(=O)C2=CCCO2)c2cnn(S(=O)c3ccccc3)c2c1. The Labute approximate surface area is 153 Å². The first-order valence-electron chi connectivity index (χ1n) is 8.23. The average Bonchev–Trinajstić information content (AvgIpc) is 3.32. The molecule has 0 aliphatic carbocycles. The van der Waals surface area contributed by atoms with Gasteiger partial charge < -0.3 is 10.1 Å². The maximum Gasteiger partial charge on any atom is 0.290 e. The van der Waals surface area contributed by atoms with Crippen molar-refractivity contribution in [1.82, 2.24) is 9.19 Å². The number of hydrogen-bond donors (Lipinski definition) is 1. The van der Waals surface area contributed by atoms with Gasteiger partial charge in [0.15, 0.2) is 16.7 Å². The lowest BCUT2D eigenvalue weighted by atomic mass is 10.1. The number of aromatic nitrogens is 2. The van der Waals surface area contributed by atoms with Crippen LogP contribution in [0.4, 0.5) is 5.69 Å². The van der Waals surface area contributed by atoms with Crippen molar-refractivity contribution in [3.63, 3.8) is 0 Å². The average molecular weight is 367 g/mol. The number of hydrogen-bond acceptors (Lipinski definition) is 4. The van der Waals surface area contributed by atoms with E-state index in [-0.39, 0.29) is 5.91 Å². The first kappa shape index (κ1) is 16.5. The first-order valence-corrected chi connectivity index (χ1v) is 9.34. The van der Waals surface area contributed by atoms with Crippen molar-refractivity contribution in [2.45, 2.75) is 18.2 Å². The summed E-state index contributed by atoms with van der Waals surface area (Å²) < 4.78 is 19.7. The molecule has 6 nitrogen and oxygen atoms in total. The molecule has 1 aliphatic rings. The lowest BCUT2D eigenvalue weighted by Gasteiger charge is -2.09. The van der Waals surface area contributed by atoms with Crippen LogP contribution < -0.4 is 5.32 Å². The van der Waals surface area contributed by atoms with E-state index in [4.69, 9.17) is 4.74 Å².